The molecule has 0 radical (unpaired) electrons. The number of benzene rings is 1. The second-order valence-corrected chi connectivity index (χ2v) is 8.90. The molecule has 9 N–H and O–H groups in total. The van der Waals surface area contributed by atoms with Crippen molar-refractivity contribution in [3.63, 3.8) is 0 Å². The van der Waals surface area contributed by atoms with E-state index in [1.807, 2.05) is 0 Å². The van der Waals surface area contributed by atoms with Crippen LogP contribution < -0.4 is 27.8 Å². The molecule has 12 nitrogen and oxygen atoms in total. The van der Waals surface area contributed by atoms with Crippen LogP contribution in [-0.4, -0.2) is 76.9 Å². The Morgan fingerprint density at radius 1 is 1.06 bits per heavy atom. The summed E-state index contributed by atoms with van der Waals surface area (Å²) in [5.74, 6) is -3.67. The van der Waals surface area contributed by atoms with Gasteiger partial charge in [-0.1, -0.05) is 30.3 Å². The molecule has 0 aliphatic carbocycles. The Bertz CT molecular complexity index is 927. The van der Waals surface area contributed by atoms with Gasteiger partial charge in [-0.3, -0.25) is 19.2 Å². The van der Waals surface area contributed by atoms with E-state index in [1.165, 1.54) is 4.90 Å². The van der Waals surface area contributed by atoms with E-state index >= 15 is 0 Å². The zero-order chi connectivity index (χ0) is 26.7. The van der Waals surface area contributed by atoms with E-state index in [4.69, 9.17) is 17.2 Å². The second-order valence-electron chi connectivity index (χ2n) is 8.90. The van der Waals surface area contributed by atoms with Gasteiger partial charge in [-0.05, 0) is 44.2 Å². The molecule has 4 atom stereocenters. The molecule has 0 aromatic heterocycles. The van der Waals surface area contributed by atoms with Crippen molar-refractivity contribution in [1.29, 1.82) is 0 Å². The van der Waals surface area contributed by atoms with Gasteiger partial charge in [0.1, 0.15) is 18.1 Å². The van der Waals surface area contributed by atoms with Gasteiger partial charge in [-0.2, -0.15) is 0 Å². The topological polar surface area (TPSA) is 211 Å². The molecule has 4 unspecified atom stereocenters. The van der Waals surface area contributed by atoms with E-state index in [-0.39, 0.29) is 25.8 Å². The predicted octanol–water partition coefficient (Wildman–Crippen LogP) is -1.39. The molecule has 1 aromatic rings. The number of rotatable bonds is 14. The number of nitrogens with zero attached hydrogens (tertiary/aromatic N) is 1. The fourth-order valence-electron chi connectivity index (χ4n) is 4.17. The molecule has 1 aromatic carbocycles. The summed E-state index contributed by atoms with van der Waals surface area (Å²) >= 11 is 0. The van der Waals surface area contributed by atoms with Crippen molar-refractivity contribution in [1.82, 2.24) is 15.5 Å². The van der Waals surface area contributed by atoms with Gasteiger partial charge >= 0.3 is 5.97 Å². The van der Waals surface area contributed by atoms with Crippen LogP contribution in [0.25, 0.3) is 0 Å². The van der Waals surface area contributed by atoms with Crippen molar-refractivity contribution < 1.29 is 29.1 Å². The number of amides is 4. The minimum atomic E-state index is -1.20. The number of aliphatic carboxylic acids is 1. The van der Waals surface area contributed by atoms with Gasteiger partial charge in [0.25, 0.3) is 0 Å². The maximum Gasteiger partial charge on any atom is 0.326 e. The molecule has 1 heterocycles. The zero-order valence-corrected chi connectivity index (χ0v) is 20.2. The molecule has 36 heavy (non-hydrogen) atoms. The fourth-order valence-corrected chi connectivity index (χ4v) is 4.17. The molecule has 4 amide bonds. The lowest BCUT2D eigenvalue weighted by Crippen LogP contribution is -2.57. The third-order valence-electron chi connectivity index (χ3n) is 6.05. The SMILES string of the molecule is NCCCCC(NC(=O)C1CCCN1C(=O)C(N)CC(N)=O)C(=O)NC(Cc1ccccc1)C(=O)O. The highest BCUT2D eigenvalue weighted by Gasteiger charge is 2.38. The summed E-state index contributed by atoms with van der Waals surface area (Å²) in [5, 5.41) is 14.8. The maximum absolute atomic E-state index is 13.1. The third-order valence-corrected chi connectivity index (χ3v) is 6.05. The highest BCUT2D eigenvalue weighted by molar-refractivity contribution is 5.95. The van der Waals surface area contributed by atoms with Crippen LogP contribution in [0.5, 0.6) is 0 Å². The number of carbonyl (C=O) groups is 5. The normalized spacial score (nSPS) is 17.6. The Morgan fingerprint density at radius 3 is 2.36 bits per heavy atom. The summed E-state index contributed by atoms with van der Waals surface area (Å²) in [7, 11) is 0. The average molecular weight is 505 g/mol. The number of nitrogens with two attached hydrogens (primary N) is 3. The van der Waals surface area contributed by atoms with Crippen LogP contribution in [-0.2, 0) is 30.4 Å². The molecular weight excluding hydrogens is 468 g/mol. The zero-order valence-electron chi connectivity index (χ0n) is 20.2. The number of nitrogens with one attached hydrogen (secondary N) is 2. The van der Waals surface area contributed by atoms with Crippen LogP contribution in [0.15, 0.2) is 30.3 Å². The number of carbonyl (C=O) groups excluding carboxylic acids is 4. The van der Waals surface area contributed by atoms with Crippen molar-refractivity contribution in [3.8, 4) is 0 Å². The smallest absolute Gasteiger partial charge is 0.326 e. The fraction of sp³-hybridized carbons (Fsp3) is 0.542. The Kier molecular flexibility index (Phi) is 11.3. The highest BCUT2D eigenvalue weighted by Crippen LogP contribution is 2.19. The molecule has 0 bridgehead atoms. The summed E-state index contributed by atoms with van der Waals surface area (Å²) < 4.78 is 0. The van der Waals surface area contributed by atoms with Crippen LogP contribution in [0, 0.1) is 0 Å². The number of unbranched alkanes of at least 4 members (excludes halogenated alkanes) is 1. The molecule has 0 spiro atoms. The maximum atomic E-state index is 13.1. The highest BCUT2D eigenvalue weighted by atomic mass is 16.4. The van der Waals surface area contributed by atoms with Crippen molar-refractivity contribution in [2.24, 2.45) is 17.2 Å². The Labute approximate surface area is 209 Å². The first-order chi connectivity index (χ1) is 17.1. The lowest BCUT2D eigenvalue weighted by Gasteiger charge is -2.28. The van der Waals surface area contributed by atoms with Crippen molar-refractivity contribution in [2.45, 2.75) is 69.1 Å². The molecule has 12 heteroatoms. The van der Waals surface area contributed by atoms with Crippen molar-refractivity contribution in [2.75, 3.05) is 13.1 Å². The lowest BCUT2D eigenvalue weighted by molar-refractivity contribution is -0.143. The van der Waals surface area contributed by atoms with E-state index in [0.29, 0.717) is 32.2 Å². The molecule has 0 saturated carbocycles. The third kappa shape index (κ3) is 8.61. The molecule has 1 aliphatic rings. The van der Waals surface area contributed by atoms with Gasteiger partial charge in [0.15, 0.2) is 0 Å². The van der Waals surface area contributed by atoms with Crippen LogP contribution in [0.1, 0.15) is 44.1 Å². The lowest BCUT2D eigenvalue weighted by atomic mass is 10.0. The van der Waals surface area contributed by atoms with Crippen LogP contribution in [0.4, 0.5) is 0 Å². The number of hydrogen-bond donors (Lipinski definition) is 6. The number of hydrogen-bond acceptors (Lipinski definition) is 7. The van der Waals surface area contributed by atoms with Gasteiger partial charge in [-0.15, -0.1) is 0 Å². The van der Waals surface area contributed by atoms with Crippen LogP contribution in [0.3, 0.4) is 0 Å². The second kappa shape index (κ2) is 14.1. The number of carboxylic acid groups (broad SMARTS) is 1. The largest absolute Gasteiger partial charge is 0.480 e. The average Bonchev–Trinajstić information content (AvgIpc) is 3.32. The molecule has 198 valence electrons. The van der Waals surface area contributed by atoms with Crippen LogP contribution >= 0.6 is 0 Å². The van der Waals surface area contributed by atoms with Gasteiger partial charge in [0.2, 0.25) is 23.6 Å². The Hall–Kier alpha value is -3.51. The van der Waals surface area contributed by atoms with Gasteiger partial charge in [0.05, 0.1) is 12.5 Å². The quantitative estimate of drug-likeness (QED) is 0.166. The molecule has 1 saturated heterocycles. The van der Waals surface area contributed by atoms with Crippen molar-refractivity contribution in [3.05, 3.63) is 35.9 Å². The van der Waals surface area contributed by atoms with Crippen LogP contribution in [0.2, 0.25) is 0 Å². The minimum absolute atomic E-state index is 0.0774. The predicted molar refractivity (Wildman–Crippen MR) is 131 cm³/mol. The van der Waals surface area contributed by atoms with E-state index < -0.39 is 53.8 Å². The van der Waals surface area contributed by atoms with E-state index in [9.17, 15) is 29.1 Å². The van der Waals surface area contributed by atoms with E-state index in [0.717, 1.165) is 5.56 Å². The molecular formula is C24H36N6O6. The minimum Gasteiger partial charge on any atom is -0.480 e. The molecule has 1 aliphatic heterocycles. The first kappa shape index (κ1) is 28.7. The van der Waals surface area contributed by atoms with Gasteiger partial charge in [-0.25, -0.2) is 4.79 Å². The van der Waals surface area contributed by atoms with Crippen molar-refractivity contribution >= 4 is 29.6 Å². The Morgan fingerprint density at radius 2 is 1.75 bits per heavy atom. The number of likely N-dealkylation sites (tertiary alicyclic amines) is 1. The summed E-state index contributed by atoms with van der Waals surface area (Å²) in [4.78, 5) is 63.1. The summed E-state index contributed by atoms with van der Waals surface area (Å²) in [6.45, 7) is 0.683. The van der Waals surface area contributed by atoms with E-state index in [1.54, 1.807) is 30.3 Å². The first-order valence-electron chi connectivity index (χ1n) is 12.1. The first-order valence-corrected chi connectivity index (χ1v) is 12.1. The summed E-state index contributed by atoms with van der Waals surface area (Å²) in [5.41, 5.74) is 17.2. The summed E-state index contributed by atoms with van der Waals surface area (Å²) in [6.07, 6.45) is 2.04. The molecule has 1 fully saturated rings. The summed E-state index contributed by atoms with van der Waals surface area (Å²) in [6, 6.07) is 4.65. The van der Waals surface area contributed by atoms with Gasteiger partial charge in [0, 0.05) is 13.0 Å². The monoisotopic (exact) mass is 504 g/mol. The molecule has 2 rings (SSSR count). The standard InChI is InChI=1S/C24H36N6O6/c25-11-5-4-9-17(21(32)29-18(24(35)36)13-15-7-2-1-3-8-15)28-22(33)19-10-6-12-30(19)23(34)16(26)14-20(27)31/h1-3,7-8,16-19H,4-6,9-14,25-26H2,(H2,27,31)(H,28,33)(H,29,32)(H,35,36). The van der Waals surface area contributed by atoms with Gasteiger partial charge < -0.3 is 37.8 Å². The van der Waals surface area contributed by atoms with E-state index in [2.05, 4.69) is 10.6 Å². The Balaban J connectivity index is 2.10. The number of primary amides is 1. The number of carboxylic acids is 1.